The van der Waals surface area contributed by atoms with E-state index in [4.69, 9.17) is 14.2 Å². The van der Waals surface area contributed by atoms with Crippen molar-refractivity contribution < 1.29 is 19.0 Å². The monoisotopic (exact) mass is 293 g/mol. The number of esters is 1. The Kier molecular flexibility index (Phi) is 6.02. The average Bonchev–Trinajstić information content (AvgIpc) is 2.54. The van der Waals surface area contributed by atoms with E-state index in [1.165, 1.54) is 0 Å². The number of likely N-dealkylation sites (N-methyl/N-ethyl adjacent to an activating group) is 1. The minimum atomic E-state index is -0.307. The van der Waals surface area contributed by atoms with Crippen LogP contribution in [0.1, 0.15) is 24.2 Å². The van der Waals surface area contributed by atoms with Gasteiger partial charge in [0.15, 0.2) is 0 Å². The molecule has 0 N–H and O–H groups in total. The van der Waals surface area contributed by atoms with Crippen LogP contribution < -0.4 is 4.74 Å². The number of benzene rings is 1. The van der Waals surface area contributed by atoms with Crippen molar-refractivity contribution in [3.05, 3.63) is 29.8 Å². The van der Waals surface area contributed by atoms with Crippen LogP contribution >= 0.6 is 0 Å². The molecule has 1 atom stereocenters. The summed E-state index contributed by atoms with van der Waals surface area (Å²) in [6.07, 6.45) is 0.100. The van der Waals surface area contributed by atoms with Gasteiger partial charge in [-0.25, -0.2) is 4.79 Å². The number of carbonyl (C=O) groups excluding carboxylic acids is 1. The maximum atomic E-state index is 11.5. The summed E-state index contributed by atoms with van der Waals surface area (Å²) in [6.45, 7) is 8.52. The highest BCUT2D eigenvalue weighted by atomic mass is 16.5. The van der Waals surface area contributed by atoms with Gasteiger partial charge >= 0.3 is 5.97 Å². The van der Waals surface area contributed by atoms with Crippen LogP contribution in [0.2, 0.25) is 0 Å². The maximum absolute atomic E-state index is 11.5. The van der Waals surface area contributed by atoms with Crippen molar-refractivity contribution >= 4 is 5.97 Å². The molecule has 116 valence electrons. The molecule has 5 heteroatoms. The van der Waals surface area contributed by atoms with Crippen LogP contribution in [0.15, 0.2) is 24.3 Å². The van der Waals surface area contributed by atoms with Gasteiger partial charge in [-0.1, -0.05) is 6.92 Å². The summed E-state index contributed by atoms with van der Waals surface area (Å²) in [7, 11) is 0. The summed E-state index contributed by atoms with van der Waals surface area (Å²) in [5.41, 5.74) is 0.537. The van der Waals surface area contributed by atoms with Crippen molar-refractivity contribution in [3.63, 3.8) is 0 Å². The van der Waals surface area contributed by atoms with E-state index in [0.29, 0.717) is 18.8 Å². The second kappa shape index (κ2) is 8.00. The zero-order chi connectivity index (χ0) is 15.1. The fraction of sp³-hybridized carbons (Fsp3) is 0.562. The fourth-order valence-corrected chi connectivity index (χ4v) is 2.26. The van der Waals surface area contributed by atoms with Crippen LogP contribution in [-0.2, 0) is 9.47 Å². The van der Waals surface area contributed by atoms with Crippen LogP contribution in [-0.4, -0.2) is 56.4 Å². The summed E-state index contributed by atoms with van der Waals surface area (Å²) in [6, 6.07) is 7.00. The third kappa shape index (κ3) is 4.72. The number of rotatable bonds is 6. The first-order valence-corrected chi connectivity index (χ1v) is 7.46. The normalized spacial score (nSPS) is 19.2. The minimum Gasteiger partial charge on any atom is -0.491 e. The molecule has 0 radical (unpaired) electrons. The van der Waals surface area contributed by atoms with Crippen LogP contribution in [0.3, 0.4) is 0 Å². The molecule has 2 rings (SSSR count). The first kappa shape index (κ1) is 15.8. The zero-order valence-corrected chi connectivity index (χ0v) is 12.7. The molecule has 5 nitrogen and oxygen atoms in total. The molecule has 0 saturated carbocycles. The Balaban J connectivity index is 1.82. The molecule has 1 heterocycles. The number of hydrogen-bond acceptors (Lipinski definition) is 5. The predicted molar refractivity (Wildman–Crippen MR) is 79.7 cm³/mol. The molecule has 0 aromatic heterocycles. The molecule has 0 spiro atoms. The molecule has 1 aliphatic heterocycles. The van der Waals surface area contributed by atoms with Crippen LogP contribution in [0.4, 0.5) is 0 Å². The summed E-state index contributed by atoms with van der Waals surface area (Å²) in [4.78, 5) is 13.9. The second-order valence-electron chi connectivity index (χ2n) is 4.94. The molecular formula is C16H23NO4. The van der Waals surface area contributed by atoms with Crippen LogP contribution in [0.5, 0.6) is 5.75 Å². The molecule has 1 unspecified atom stereocenters. The van der Waals surface area contributed by atoms with E-state index in [1.54, 1.807) is 31.2 Å². The van der Waals surface area contributed by atoms with Gasteiger partial charge in [-0.15, -0.1) is 0 Å². The molecule has 21 heavy (non-hydrogen) atoms. The van der Waals surface area contributed by atoms with Gasteiger partial charge in [0.05, 0.1) is 18.8 Å². The molecule has 0 aliphatic carbocycles. The van der Waals surface area contributed by atoms with E-state index >= 15 is 0 Å². The highest BCUT2D eigenvalue weighted by molar-refractivity contribution is 5.89. The van der Waals surface area contributed by atoms with E-state index in [-0.39, 0.29) is 12.1 Å². The van der Waals surface area contributed by atoms with Crippen molar-refractivity contribution in [2.24, 2.45) is 0 Å². The highest BCUT2D eigenvalue weighted by Gasteiger charge is 2.19. The first-order valence-electron chi connectivity index (χ1n) is 7.46. The second-order valence-corrected chi connectivity index (χ2v) is 4.94. The van der Waals surface area contributed by atoms with E-state index in [1.807, 2.05) is 0 Å². The largest absolute Gasteiger partial charge is 0.491 e. The van der Waals surface area contributed by atoms with Gasteiger partial charge in [-0.2, -0.15) is 0 Å². The lowest BCUT2D eigenvalue weighted by molar-refractivity contribution is -0.0464. The van der Waals surface area contributed by atoms with Crippen molar-refractivity contribution in [2.45, 2.75) is 20.0 Å². The standard InChI is InChI=1S/C16H23NO4/c1-3-17-9-10-20-15(11-17)12-21-14-7-5-13(6-8-14)16(18)19-4-2/h5-8,15H,3-4,9-12H2,1-2H3. The lowest BCUT2D eigenvalue weighted by Gasteiger charge is -2.31. The Morgan fingerprint density at radius 1 is 1.33 bits per heavy atom. The van der Waals surface area contributed by atoms with Gasteiger partial charge in [0.25, 0.3) is 0 Å². The molecule has 1 saturated heterocycles. The Morgan fingerprint density at radius 3 is 2.76 bits per heavy atom. The number of carbonyl (C=O) groups is 1. The van der Waals surface area contributed by atoms with Gasteiger partial charge < -0.3 is 14.2 Å². The van der Waals surface area contributed by atoms with Gasteiger partial charge in [0.2, 0.25) is 0 Å². The van der Waals surface area contributed by atoms with E-state index < -0.39 is 0 Å². The molecule has 0 amide bonds. The molecule has 1 aromatic carbocycles. The van der Waals surface area contributed by atoms with Gasteiger partial charge in [0, 0.05) is 13.1 Å². The van der Waals surface area contributed by atoms with Crippen LogP contribution in [0.25, 0.3) is 0 Å². The van der Waals surface area contributed by atoms with E-state index in [0.717, 1.165) is 32.0 Å². The maximum Gasteiger partial charge on any atom is 0.338 e. The SMILES string of the molecule is CCOC(=O)c1ccc(OCC2CN(CC)CCO2)cc1. The number of nitrogens with zero attached hydrogens (tertiary/aromatic N) is 1. The van der Waals surface area contributed by atoms with E-state index in [2.05, 4.69) is 11.8 Å². The molecular weight excluding hydrogens is 270 g/mol. The van der Waals surface area contributed by atoms with E-state index in [9.17, 15) is 4.79 Å². The molecule has 1 aromatic rings. The Hall–Kier alpha value is -1.59. The van der Waals surface area contributed by atoms with Crippen molar-refractivity contribution in [1.82, 2.24) is 4.90 Å². The summed E-state index contributed by atoms with van der Waals surface area (Å²) in [5.74, 6) is 0.429. The smallest absolute Gasteiger partial charge is 0.338 e. The molecule has 1 aliphatic rings. The quantitative estimate of drug-likeness (QED) is 0.750. The summed E-state index contributed by atoms with van der Waals surface area (Å²) < 4.78 is 16.4. The molecule has 1 fully saturated rings. The zero-order valence-electron chi connectivity index (χ0n) is 12.7. The topological polar surface area (TPSA) is 48.0 Å². The summed E-state index contributed by atoms with van der Waals surface area (Å²) >= 11 is 0. The van der Waals surface area contributed by atoms with Crippen molar-refractivity contribution in [2.75, 3.05) is 39.5 Å². The Bertz CT molecular complexity index is 446. The Morgan fingerprint density at radius 2 is 2.10 bits per heavy atom. The van der Waals surface area contributed by atoms with Crippen molar-refractivity contribution in [3.8, 4) is 5.75 Å². The predicted octanol–water partition coefficient (Wildman–Crippen LogP) is 1.96. The average molecular weight is 293 g/mol. The Labute approximate surface area is 125 Å². The lowest BCUT2D eigenvalue weighted by Crippen LogP contribution is -2.44. The third-order valence-electron chi connectivity index (χ3n) is 3.47. The number of morpholine rings is 1. The number of hydrogen-bond donors (Lipinski definition) is 0. The van der Waals surface area contributed by atoms with Gasteiger partial charge in [0.1, 0.15) is 18.5 Å². The minimum absolute atomic E-state index is 0.100. The van der Waals surface area contributed by atoms with Gasteiger partial charge in [-0.3, -0.25) is 4.90 Å². The highest BCUT2D eigenvalue weighted by Crippen LogP contribution is 2.14. The third-order valence-corrected chi connectivity index (χ3v) is 3.47. The first-order chi connectivity index (χ1) is 10.2. The lowest BCUT2D eigenvalue weighted by atomic mass is 10.2. The number of ether oxygens (including phenoxy) is 3. The van der Waals surface area contributed by atoms with Crippen LogP contribution in [0, 0.1) is 0 Å². The summed E-state index contributed by atoms with van der Waals surface area (Å²) in [5, 5.41) is 0. The molecule has 0 bridgehead atoms. The fourth-order valence-electron chi connectivity index (χ4n) is 2.26. The van der Waals surface area contributed by atoms with Gasteiger partial charge in [-0.05, 0) is 37.7 Å². The van der Waals surface area contributed by atoms with Crippen molar-refractivity contribution in [1.29, 1.82) is 0 Å².